The topological polar surface area (TPSA) is 51.8 Å². The van der Waals surface area contributed by atoms with Crippen LogP contribution in [0, 0.1) is 42.7 Å². The molecule has 3 saturated carbocycles. The number of aromatic nitrogens is 3. The van der Waals surface area contributed by atoms with E-state index in [4.69, 9.17) is 4.42 Å². The third kappa shape index (κ3) is 8.20. The molecule has 4 heterocycles. The minimum atomic E-state index is -1.34. The van der Waals surface area contributed by atoms with Crippen molar-refractivity contribution in [3.05, 3.63) is 108 Å². The zero-order valence-corrected chi connectivity index (χ0v) is 33.7. The fraction of sp³-hybridized carbons (Fsp3) is 0.386. The van der Waals surface area contributed by atoms with E-state index in [9.17, 15) is 0 Å². The fourth-order valence-corrected chi connectivity index (χ4v) is 9.73. The van der Waals surface area contributed by atoms with Crippen molar-refractivity contribution in [3.63, 3.8) is 0 Å². The van der Waals surface area contributed by atoms with Crippen LogP contribution in [0.4, 0.5) is 0 Å². The second-order valence-corrected chi connectivity index (χ2v) is 21.0. The van der Waals surface area contributed by atoms with Crippen LogP contribution in [0.15, 0.2) is 83.5 Å². The molecule has 6 heteroatoms. The van der Waals surface area contributed by atoms with Gasteiger partial charge in [-0.15, -0.1) is 59.7 Å². The van der Waals surface area contributed by atoms with E-state index >= 15 is 0 Å². The Labute approximate surface area is 312 Å². The number of rotatable bonds is 7. The molecule has 2 aromatic carbocycles. The molecule has 4 nitrogen and oxygen atoms in total. The molecule has 0 spiro atoms. The molecular formula is C44H49IrN3OSi-2. The Kier molecular flexibility index (Phi) is 11.2. The average molecular weight is 856 g/mol. The molecule has 3 aliphatic carbocycles. The van der Waals surface area contributed by atoms with E-state index in [-0.39, 0.29) is 20.1 Å². The van der Waals surface area contributed by atoms with Crippen LogP contribution in [0.3, 0.4) is 0 Å². The Morgan fingerprint density at radius 2 is 1.68 bits per heavy atom. The van der Waals surface area contributed by atoms with E-state index in [0.717, 1.165) is 68.7 Å². The normalized spacial score (nSPS) is 18.6. The molecule has 0 amide bonds. The summed E-state index contributed by atoms with van der Waals surface area (Å²) in [6, 6.07) is 29.7. The van der Waals surface area contributed by atoms with Crippen LogP contribution >= 0.6 is 0 Å². The molecule has 3 aliphatic rings. The van der Waals surface area contributed by atoms with Gasteiger partial charge >= 0.3 is 0 Å². The van der Waals surface area contributed by atoms with Crippen molar-refractivity contribution in [2.45, 2.75) is 85.4 Å². The van der Waals surface area contributed by atoms with Gasteiger partial charge in [0.1, 0.15) is 0 Å². The van der Waals surface area contributed by atoms with Gasteiger partial charge in [0.15, 0.2) is 0 Å². The summed E-state index contributed by atoms with van der Waals surface area (Å²) < 4.78 is 5.91. The number of pyridine rings is 3. The first-order valence-corrected chi connectivity index (χ1v) is 21.7. The zero-order chi connectivity index (χ0) is 34.1. The first-order chi connectivity index (χ1) is 23.6. The molecule has 1 atom stereocenters. The second kappa shape index (κ2) is 15.4. The standard InChI is InChI=1S/C26H25N2O.C18H24NSi.Ir/c1-16-2-8-22-23-15-20(7-9-25(23)29-26(22)28-16)24-14-18(10-11-27-24)13-21-12-17-3-5-19(21)6-4-17;1-14(2)11-16-12-17(15-9-7-6-8-10-15)19-13-18(16)20(3,4)5;/h2,8-11,14-15,17,19,21H,3-6,12-13H2,1H3;6-9,12-14H,11H2,1-5H3;/q2*-1;. The van der Waals surface area contributed by atoms with Crippen LogP contribution < -0.4 is 5.19 Å². The molecule has 2 bridgehead atoms. The van der Waals surface area contributed by atoms with Gasteiger partial charge in [-0.05, 0) is 97.5 Å². The van der Waals surface area contributed by atoms with E-state index in [2.05, 4.69) is 103 Å². The summed E-state index contributed by atoms with van der Waals surface area (Å²) in [7, 11) is -1.34. The van der Waals surface area contributed by atoms with Crippen LogP contribution in [-0.2, 0) is 32.9 Å². The van der Waals surface area contributed by atoms with Crippen molar-refractivity contribution >= 4 is 35.3 Å². The minimum absolute atomic E-state index is 0. The Morgan fingerprint density at radius 1 is 0.880 bits per heavy atom. The summed E-state index contributed by atoms with van der Waals surface area (Å²) in [5, 5.41) is 3.62. The molecule has 4 aromatic heterocycles. The van der Waals surface area contributed by atoms with Crippen molar-refractivity contribution in [1.29, 1.82) is 0 Å². The second-order valence-electron chi connectivity index (χ2n) is 15.9. The molecule has 50 heavy (non-hydrogen) atoms. The Balaban J connectivity index is 0.000000182. The van der Waals surface area contributed by atoms with Gasteiger partial charge in [0.25, 0.3) is 0 Å². The predicted octanol–water partition coefficient (Wildman–Crippen LogP) is 10.8. The molecule has 1 radical (unpaired) electrons. The average Bonchev–Trinajstić information content (AvgIpc) is 3.45. The number of furan rings is 1. The first kappa shape index (κ1) is 36.4. The zero-order valence-electron chi connectivity index (χ0n) is 30.3. The summed E-state index contributed by atoms with van der Waals surface area (Å²) in [6.07, 6.45) is 13.6. The number of nitrogens with zero attached hydrogens (tertiary/aromatic N) is 3. The summed E-state index contributed by atoms with van der Waals surface area (Å²) in [4.78, 5) is 13.9. The van der Waals surface area contributed by atoms with Crippen molar-refractivity contribution < 1.29 is 24.5 Å². The maximum Gasteiger partial charge on any atom is 0.216 e. The number of hydrogen-bond acceptors (Lipinski definition) is 4. The summed E-state index contributed by atoms with van der Waals surface area (Å²) in [5.74, 6) is 3.44. The van der Waals surface area contributed by atoms with Gasteiger partial charge in [-0.25, -0.2) is 4.98 Å². The van der Waals surface area contributed by atoms with Crippen LogP contribution in [0.2, 0.25) is 19.6 Å². The maximum atomic E-state index is 5.91. The van der Waals surface area contributed by atoms with Gasteiger partial charge < -0.3 is 14.4 Å². The third-order valence-electron chi connectivity index (χ3n) is 10.6. The maximum absolute atomic E-state index is 5.91. The monoisotopic (exact) mass is 856 g/mol. The van der Waals surface area contributed by atoms with Gasteiger partial charge in [0.05, 0.1) is 13.7 Å². The molecule has 261 valence electrons. The predicted molar refractivity (Wildman–Crippen MR) is 206 cm³/mol. The molecule has 6 aromatic rings. The van der Waals surface area contributed by atoms with Crippen molar-refractivity contribution in [2.75, 3.05) is 0 Å². The molecule has 0 N–H and O–H groups in total. The molecular weight excluding hydrogens is 807 g/mol. The molecule has 3 fully saturated rings. The number of benzene rings is 2. The summed E-state index contributed by atoms with van der Waals surface area (Å²) in [6.45, 7) is 13.7. The van der Waals surface area contributed by atoms with Crippen molar-refractivity contribution in [1.82, 2.24) is 15.0 Å². The summed E-state index contributed by atoms with van der Waals surface area (Å²) >= 11 is 0. The van der Waals surface area contributed by atoms with Gasteiger partial charge in [-0.1, -0.05) is 75.0 Å². The van der Waals surface area contributed by atoms with Crippen molar-refractivity contribution in [3.8, 4) is 22.5 Å². The van der Waals surface area contributed by atoms with Gasteiger partial charge in [-0.2, -0.15) is 0 Å². The Bertz CT molecular complexity index is 2060. The van der Waals surface area contributed by atoms with Crippen LogP contribution in [0.1, 0.15) is 62.8 Å². The molecule has 0 aliphatic heterocycles. The van der Waals surface area contributed by atoms with E-state index in [1.807, 2.05) is 43.5 Å². The van der Waals surface area contributed by atoms with E-state index < -0.39 is 8.07 Å². The smallest absolute Gasteiger partial charge is 0.216 e. The molecule has 1 unspecified atom stereocenters. The van der Waals surface area contributed by atoms with Gasteiger partial charge in [-0.3, -0.25) is 0 Å². The van der Waals surface area contributed by atoms with E-state index in [1.54, 1.807) is 0 Å². The Morgan fingerprint density at radius 3 is 2.38 bits per heavy atom. The van der Waals surface area contributed by atoms with Gasteiger partial charge in [0, 0.05) is 43.6 Å². The quantitative estimate of drug-likeness (QED) is 0.119. The van der Waals surface area contributed by atoms with Crippen LogP contribution in [0.25, 0.3) is 44.6 Å². The molecule has 0 saturated heterocycles. The largest absolute Gasteiger partial charge is 0.486 e. The van der Waals surface area contributed by atoms with Crippen LogP contribution in [-0.4, -0.2) is 23.0 Å². The number of fused-ring (bicyclic) bond motifs is 6. The fourth-order valence-electron chi connectivity index (χ4n) is 8.14. The minimum Gasteiger partial charge on any atom is -0.486 e. The Hall–Kier alpha value is -3.44. The van der Waals surface area contributed by atoms with E-state index in [0.29, 0.717) is 11.6 Å². The summed E-state index contributed by atoms with van der Waals surface area (Å²) in [5.41, 5.74) is 9.52. The third-order valence-corrected chi connectivity index (χ3v) is 12.7. The number of hydrogen-bond donors (Lipinski definition) is 0. The van der Waals surface area contributed by atoms with Crippen molar-refractivity contribution in [2.24, 2.45) is 23.7 Å². The van der Waals surface area contributed by atoms with Gasteiger partial charge in [0.2, 0.25) is 5.71 Å². The number of aryl methyl sites for hydroxylation is 1. The molecule has 9 rings (SSSR count). The first-order valence-electron chi connectivity index (χ1n) is 18.2. The van der Waals surface area contributed by atoms with E-state index in [1.165, 1.54) is 54.8 Å². The van der Waals surface area contributed by atoms with Crippen LogP contribution in [0.5, 0.6) is 0 Å². The SMILES string of the molecule is CC(C)Cc1cc(-c2[c-]cccc2)ncc1[Si](C)(C)C.Cc1ccc2c(n1)oc1c[c-]c(-c3cc(CC4CC5CCC4CC5)ccn3)cc12.[Ir].